The molecule has 0 aliphatic carbocycles. The molecule has 5 nitrogen and oxygen atoms in total. The number of rotatable bonds is 6. The Morgan fingerprint density at radius 2 is 2.28 bits per heavy atom. The van der Waals surface area contributed by atoms with E-state index in [4.69, 9.17) is 10.5 Å². The van der Waals surface area contributed by atoms with Gasteiger partial charge in [0, 0.05) is 24.3 Å². The minimum atomic E-state index is -0.255. The van der Waals surface area contributed by atoms with E-state index in [1.165, 1.54) is 0 Å². The van der Waals surface area contributed by atoms with Crippen molar-refractivity contribution >= 4 is 11.7 Å². The standard InChI is InChI=1S/C13H21N3O2/c1-3-5-10(14)9-15-13(17)16-11-6-4-7-12(8-11)18-2/h4,6-8,10H,3,5,9,14H2,1-2H3,(H2,15,16,17). The van der Waals surface area contributed by atoms with E-state index in [2.05, 4.69) is 17.6 Å². The highest BCUT2D eigenvalue weighted by molar-refractivity contribution is 5.89. The Bertz CT molecular complexity index is 382. The van der Waals surface area contributed by atoms with Gasteiger partial charge in [0.15, 0.2) is 0 Å². The van der Waals surface area contributed by atoms with E-state index in [0.29, 0.717) is 18.0 Å². The van der Waals surface area contributed by atoms with Gasteiger partial charge < -0.3 is 21.1 Å². The van der Waals surface area contributed by atoms with Gasteiger partial charge in [-0.15, -0.1) is 0 Å². The fraction of sp³-hybridized carbons (Fsp3) is 0.462. The van der Waals surface area contributed by atoms with E-state index in [1.54, 1.807) is 19.2 Å². The lowest BCUT2D eigenvalue weighted by Gasteiger charge is -2.12. The molecule has 1 aromatic carbocycles. The smallest absolute Gasteiger partial charge is 0.319 e. The minimum Gasteiger partial charge on any atom is -0.497 e. The molecule has 0 saturated carbocycles. The molecule has 2 amide bonds. The molecule has 0 aliphatic heterocycles. The summed E-state index contributed by atoms with van der Waals surface area (Å²) in [4.78, 5) is 11.6. The number of nitrogens with two attached hydrogens (primary N) is 1. The number of amides is 2. The second kappa shape index (κ2) is 7.55. The van der Waals surface area contributed by atoms with Crippen molar-refractivity contribution in [3.8, 4) is 5.75 Å². The molecule has 1 rings (SSSR count). The quantitative estimate of drug-likeness (QED) is 0.723. The zero-order valence-electron chi connectivity index (χ0n) is 10.9. The van der Waals surface area contributed by atoms with Crippen molar-refractivity contribution in [2.75, 3.05) is 19.0 Å². The lowest BCUT2D eigenvalue weighted by Crippen LogP contribution is -2.39. The number of anilines is 1. The van der Waals surface area contributed by atoms with Gasteiger partial charge >= 0.3 is 6.03 Å². The van der Waals surface area contributed by atoms with Gasteiger partial charge in [-0.05, 0) is 18.6 Å². The molecule has 4 N–H and O–H groups in total. The number of ether oxygens (including phenoxy) is 1. The lowest BCUT2D eigenvalue weighted by atomic mass is 10.2. The van der Waals surface area contributed by atoms with Crippen molar-refractivity contribution in [2.45, 2.75) is 25.8 Å². The second-order valence-electron chi connectivity index (χ2n) is 4.12. The molecule has 0 bridgehead atoms. The normalized spacial score (nSPS) is 11.7. The topological polar surface area (TPSA) is 76.4 Å². The third-order valence-corrected chi connectivity index (χ3v) is 2.51. The monoisotopic (exact) mass is 251 g/mol. The van der Waals surface area contributed by atoms with Gasteiger partial charge in [0.1, 0.15) is 5.75 Å². The molecule has 0 saturated heterocycles. The zero-order valence-corrected chi connectivity index (χ0v) is 10.9. The lowest BCUT2D eigenvalue weighted by molar-refractivity contribution is 0.251. The van der Waals surface area contributed by atoms with Gasteiger partial charge in [-0.3, -0.25) is 0 Å². The van der Waals surface area contributed by atoms with Crippen molar-refractivity contribution in [3.63, 3.8) is 0 Å². The van der Waals surface area contributed by atoms with E-state index >= 15 is 0 Å². The minimum absolute atomic E-state index is 0.00561. The number of urea groups is 1. The van der Waals surface area contributed by atoms with Crippen molar-refractivity contribution in [3.05, 3.63) is 24.3 Å². The molecular formula is C13H21N3O2. The van der Waals surface area contributed by atoms with Crippen LogP contribution in [0.4, 0.5) is 10.5 Å². The van der Waals surface area contributed by atoms with Crippen LogP contribution in [-0.2, 0) is 0 Å². The number of hydrogen-bond donors (Lipinski definition) is 3. The molecule has 18 heavy (non-hydrogen) atoms. The van der Waals surface area contributed by atoms with Crippen molar-refractivity contribution < 1.29 is 9.53 Å². The summed E-state index contributed by atoms with van der Waals surface area (Å²) in [5, 5.41) is 5.47. The predicted molar refractivity (Wildman–Crippen MR) is 72.9 cm³/mol. The Morgan fingerprint density at radius 1 is 1.50 bits per heavy atom. The van der Waals surface area contributed by atoms with Gasteiger partial charge in [-0.2, -0.15) is 0 Å². The van der Waals surface area contributed by atoms with Crippen LogP contribution in [-0.4, -0.2) is 25.7 Å². The number of nitrogens with one attached hydrogen (secondary N) is 2. The first-order valence-corrected chi connectivity index (χ1v) is 6.10. The van der Waals surface area contributed by atoms with E-state index in [0.717, 1.165) is 12.8 Å². The maximum Gasteiger partial charge on any atom is 0.319 e. The first-order chi connectivity index (χ1) is 8.65. The Hall–Kier alpha value is -1.75. The molecule has 1 unspecified atom stereocenters. The van der Waals surface area contributed by atoms with Gasteiger partial charge in [-0.25, -0.2) is 4.79 Å². The van der Waals surface area contributed by atoms with Crippen LogP contribution >= 0.6 is 0 Å². The van der Waals surface area contributed by atoms with Crippen LogP contribution in [0.1, 0.15) is 19.8 Å². The summed E-state index contributed by atoms with van der Waals surface area (Å²) < 4.78 is 5.07. The van der Waals surface area contributed by atoms with Gasteiger partial charge in [0.25, 0.3) is 0 Å². The Morgan fingerprint density at radius 3 is 2.94 bits per heavy atom. The first kappa shape index (κ1) is 14.3. The fourth-order valence-corrected chi connectivity index (χ4v) is 1.57. The van der Waals surface area contributed by atoms with Crippen LogP contribution in [0.25, 0.3) is 0 Å². The molecule has 0 heterocycles. The predicted octanol–water partition coefficient (Wildman–Crippen LogP) is 1.94. The molecule has 100 valence electrons. The Labute approximate surface area is 108 Å². The molecular weight excluding hydrogens is 230 g/mol. The summed E-state index contributed by atoms with van der Waals surface area (Å²) in [6.45, 7) is 2.54. The summed E-state index contributed by atoms with van der Waals surface area (Å²) in [6.07, 6.45) is 1.92. The third-order valence-electron chi connectivity index (χ3n) is 2.51. The number of benzene rings is 1. The average Bonchev–Trinajstić information content (AvgIpc) is 2.37. The average molecular weight is 251 g/mol. The zero-order chi connectivity index (χ0) is 13.4. The molecule has 0 spiro atoms. The number of hydrogen-bond acceptors (Lipinski definition) is 3. The van der Waals surface area contributed by atoms with Crippen LogP contribution in [0.5, 0.6) is 5.75 Å². The van der Waals surface area contributed by atoms with Gasteiger partial charge in [0.2, 0.25) is 0 Å². The number of carbonyl (C=O) groups is 1. The number of carbonyl (C=O) groups excluding carboxylic acids is 1. The van der Waals surface area contributed by atoms with Crippen molar-refractivity contribution in [2.24, 2.45) is 5.73 Å². The Balaban J connectivity index is 2.39. The van der Waals surface area contributed by atoms with Crippen LogP contribution in [0, 0.1) is 0 Å². The van der Waals surface area contributed by atoms with E-state index in [1.807, 2.05) is 12.1 Å². The summed E-state index contributed by atoms with van der Waals surface area (Å²) in [6, 6.07) is 6.94. The number of methoxy groups -OCH3 is 1. The maximum absolute atomic E-state index is 11.6. The van der Waals surface area contributed by atoms with Crippen LogP contribution < -0.4 is 21.1 Å². The van der Waals surface area contributed by atoms with E-state index < -0.39 is 0 Å². The molecule has 0 aromatic heterocycles. The van der Waals surface area contributed by atoms with Crippen molar-refractivity contribution in [1.82, 2.24) is 5.32 Å². The van der Waals surface area contributed by atoms with Crippen LogP contribution in [0.3, 0.4) is 0 Å². The Kier molecular flexibility index (Phi) is 6.00. The highest BCUT2D eigenvalue weighted by atomic mass is 16.5. The largest absolute Gasteiger partial charge is 0.497 e. The van der Waals surface area contributed by atoms with Crippen LogP contribution in [0.15, 0.2) is 24.3 Å². The molecule has 0 aliphatic rings. The first-order valence-electron chi connectivity index (χ1n) is 6.10. The molecule has 0 fully saturated rings. The van der Waals surface area contributed by atoms with E-state index in [9.17, 15) is 4.79 Å². The van der Waals surface area contributed by atoms with Gasteiger partial charge in [0.05, 0.1) is 7.11 Å². The molecule has 1 aromatic rings. The SMILES string of the molecule is CCCC(N)CNC(=O)Nc1cccc(OC)c1. The summed E-state index contributed by atoms with van der Waals surface area (Å²) in [5.41, 5.74) is 6.50. The van der Waals surface area contributed by atoms with E-state index in [-0.39, 0.29) is 12.1 Å². The summed E-state index contributed by atoms with van der Waals surface area (Å²) in [7, 11) is 1.59. The second-order valence-corrected chi connectivity index (χ2v) is 4.12. The van der Waals surface area contributed by atoms with Crippen LogP contribution in [0.2, 0.25) is 0 Å². The highest BCUT2D eigenvalue weighted by Crippen LogP contribution is 2.16. The third kappa shape index (κ3) is 5.05. The fourth-order valence-electron chi connectivity index (χ4n) is 1.57. The van der Waals surface area contributed by atoms with Crippen molar-refractivity contribution in [1.29, 1.82) is 0 Å². The van der Waals surface area contributed by atoms with Gasteiger partial charge in [-0.1, -0.05) is 19.4 Å². The maximum atomic E-state index is 11.6. The molecule has 1 atom stereocenters. The summed E-state index contributed by atoms with van der Waals surface area (Å²) >= 11 is 0. The summed E-state index contributed by atoms with van der Waals surface area (Å²) in [5.74, 6) is 0.704. The molecule has 5 heteroatoms. The highest BCUT2D eigenvalue weighted by Gasteiger charge is 2.05. The molecule has 0 radical (unpaired) electrons.